The Balaban J connectivity index is 2.19. The molecule has 4 heteroatoms. The molecule has 2 amide bonds. The molecular formula is C26H36N2O2. The smallest absolute Gasteiger partial charge is 0.242 e. The maximum atomic E-state index is 13.3. The molecular weight excluding hydrogens is 372 g/mol. The van der Waals surface area contributed by atoms with Crippen molar-refractivity contribution in [2.75, 3.05) is 13.1 Å². The third kappa shape index (κ3) is 7.33. The van der Waals surface area contributed by atoms with Gasteiger partial charge >= 0.3 is 0 Å². The van der Waals surface area contributed by atoms with Crippen molar-refractivity contribution in [1.82, 2.24) is 10.2 Å². The fourth-order valence-corrected chi connectivity index (χ4v) is 3.85. The zero-order valence-electron chi connectivity index (χ0n) is 18.9. The number of hydrogen-bond donors (Lipinski definition) is 1. The van der Waals surface area contributed by atoms with Crippen LogP contribution in [-0.2, 0) is 22.4 Å². The lowest BCUT2D eigenvalue weighted by atomic mass is 10.0. The van der Waals surface area contributed by atoms with Crippen LogP contribution < -0.4 is 5.32 Å². The minimum absolute atomic E-state index is 0.00780. The zero-order chi connectivity index (χ0) is 21.9. The lowest BCUT2D eigenvalue weighted by molar-refractivity contribution is -0.140. The second kappa shape index (κ2) is 12.2. The van der Waals surface area contributed by atoms with E-state index in [2.05, 4.69) is 42.6 Å². The maximum absolute atomic E-state index is 13.3. The van der Waals surface area contributed by atoms with E-state index >= 15 is 0 Å². The van der Waals surface area contributed by atoms with Crippen molar-refractivity contribution in [2.24, 2.45) is 0 Å². The molecule has 0 aliphatic rings. The van der Waals surface area contributed by atoms with Crippen LogP contribution >= 0.6 is 0 Å². The van der Waals surface area contributed by atoms with Crippen molar-refractivity contribution in [3.05, 3.63) is 70.8 Å². The van der Waals surface area contributed by atoms with E-state index in [1.807, 2.05) is 39.0 Å². The first-order chi connectivity index (χ1) is 14.4. The van der Waals surface area contributed by atoms with Crippen LogP contribution in [-0.4, -0.2) is 35.8 Å². The topological polar surface area (TPSA) is 49.4 Å². The van der Waals surface area contributed by atoms with Gasteiger partial charge in [0.25, 0.3) is 0 Å². The number of carbonyl (C=O) groups excluding carboxylic acids is 2. The molecule has 30 heavy (non-hydrogen) atoms. The van der Waals surface area contributed by atoms with Gasteiger partial charge in [0.05, 0.1) is 6.42 Å². The largest absolute Gasteiger partial charge is 0.354 e. The standard InChI is InChI=1S/C26H36N2O2/c1-5-7-14-27-26(30)24(6-2)28(15-13-22-11-9-8-10-12-22)25(29)19-23-17-20(3)16-21(4)18-23/h8-12,16-18,24H,5-7,13-15,19H2,1-4H3,(H,27,30). The number of carbonyl (C=O) groups is 2. The third-order valence-corrected chi connectivity index (χ3v) is 5.34. The Bertz CT molecular complexity index is 797. The van der Waals surface area contributed by atoms with Gasteiger partial charge in [-0.05, 0) is 44.2 Å². The van der Waals surface area contributed by atoms with E-state index in [0.717, 1.165) is 36.0 Å². The molecule has 0 bridgehead atoms. The van der Waals surface area contributed by atoms with Gasteiger partial charge < -0.3 is 10.2 Å². The predicted octanol–water partition coefficient (Wildman–Crippen LogP) is 4.61. The SMILES string of the molecule is CCCCNC(=O)C(CC)N(CCc1ccccc1)C(=O)Cc1cc(C)cc(C)c1. The van der Waals surface area contributed by atoms with Gasteiger partial charge in [-0.1, -0.05) is 79.9 Å². The van der Waals surface area contributed by atoms with Crippen LogP contribution in [0.5, 0.6) is 0 Å². The number of aryl methyl sites for hydroxylation is 2. The van der Waals surface area contributed by atoms with Gasteiger partial charge in [-0.25, -0.2) is 0 Å². The predicted molar refractivity (Wildman–Crippen MR) is 123 cm³/mol. The molecule has 0 spiro atoms. The molecule has 4 nitrogen and oxygen atoms in total. The van der Waals surface area contributed by atoms with Gasteiger partial charge in [-0.3, -0.25) is 9.59 Å². The summed E-state index contributed by atoms with van der Waals surface area (Å²) in [5, 5.41) is 3.02. The fraction of sp³-hybridized carbons (Fsp3) is 0.462. The van der Waals surface area contributed by atoms with E-state index in [9.17, 15) is 9.59 Å². The van der Waals surface area contributed by atoms with Gasteiger partial charge in [-0.2, -0.15) is 0 Å². The molecule has 1 atom stereocenters. The van der Waals surface area contributed by atoms with Crippen LogP contribution in [0.3, 0.4) is 0 Å². The Morgan fingerprint density at radius 3 is 2.23 bits per heavy atom. The molecule has 162 valence electrons. The minimum atomic E-state index is -0.441. The monoisotopic (exact) mass is 408 g/mol. The Morgan fingerprint density at radius 1 is 0.967 bits per heavy atom. The van der Waals surface area contributed by atoms with E-state index in [4.69, 9.17) is 0 Å². The number of hydrogen-bond acceptors (Lipinski definition) is 2. The van der Waals surface area contributed by atoms with Crippen LogP contribution in [0.4, 0.5) is 0 Å². The van der Waals surface area contributed by atoms with E-state index in [-0.39, 0.29) is 11.8 Å². The molecule has 0 aliphatic carbocycles. The Hall–Kier alpha value is -2.62. The highest BCUT2D eigenvalue weighted by molar-refractivity contribution is 5.88. The molecule has 0 heterocycles. The fourth-order valence-electron chi connectivity index (χ4n) is 3.85. The lowest BCUT2D eigenvalue weighted by Gasteiger charge is -2.31. The van der Waals surface area contributed by atoms with Crippen molar-refractivity contribution in [3.63, 3.8) is 0 Å². The van der Waals surface area contributed by atoms with E-state index < -0.39 is 6.04 Å². The molecule has 1 unspecified atom stereocenters. The first-order valence-electron chi connectivity index (χ1n) is 11.1. The van der Waals surface area contributed by atoms with E-state index in [1.165, 1.54) is 5.56 Å². The summed E-state index contributed by atoms with van der Waals surface area (Å²) in [7, 11) is 0. The molecule has 1 N–H and O–H groups in total. The lowest BCUT2D eigenvalue weighted by Crippen LogP contribution is -2.50. The zero-order valence-corrected chi connectivity index (χ0v) is 18.9. The number of unbranched alkanes of at least 4 members (excludes halogenated alkanes) is 1. The molecule has 0 fully saturated rings. The Morgan fingerprint density at radius 2 is 1.63 bits per heavy atom. The van der Waals surface area contributed by atoms with Gasteiger partial charge in [0.2, 0.25) is 11.8 Å². The summed E-state index contributed by atoms with van der Waals surface area (Å²) in [4.78, 5) is 28.0. The van der Waals surface area contributed by atoms with Crippen LogP contribution in [0.25, 0.3) is 0 Å². The van der Waals surface area contributed by atoms with Crippen LogP contribution in [0.2, 0.25) is 0 Å². The Labute approximate surface area is 181 Å². The quantitative estimate of drug-likeness (QED) is 0.552. The van der Waals surface area contributed by atoms with E-state index in [1.54, 1.807) is 4.90 Å². The highest BCUT2D eigenvalue weighted by Crippen LogP contribution is 2.14. The number of nitrogens with zero attached hydrogens (tertiary/aromatic N) is 1. The third-order valence-electron chi connectivity index (χ3n) is 5.34. The number of benzene rings is 2. The first kappa shape index (κ1) is 23.7. The van der Waals surface area contributed by atoms with Gasteiger partial charge in [0.15, 0.2) is 0 Å². The average Bonchev–Trinajstić information content (AvgIpc) is 2.71. The molecule has 0 saturated heterocycles. The van der Waals surface area contributed by atoms with Crippen molar-refractivity contribution in [1.29, 1.82) is 0 Å². The normalized spacial score (nSPS) is 11.7. The molecule has 0 aromatic heterocycles. The van der Waals surface area contributed by atoms with Crippen LogP contribution in [0, 0.1) is 13.8 Å². The molecule has 0 aliphatic heterocycles. The van der Waals surface area contributed by atoms with Crippen molar-refractivity contribution < 1.29 is 9.59 Å². The van der Waals surface area contributed by atoms with Gasteiger partial charge in [0.1, 0.15) is 6.04 Å². The van der Waals surface area contributed by atoms with Gasteiger partial charge in [0, 0.05) is 13.1 Å². The molecule has 0 radical (unpaired) electrons. The Kier molecular flexibility index (Phi) is 9.59. The molecule has 2 aromatic carbocycles. The number of amides is 2. The maximum Gasteiger partial charge on any atom is 0.242 e. The van der Waals surface area contributed by atoms with Gasteiger partial charge in [-0.15, -0.1) is 0 Å². The van der Waals surface area contributed by atoms with Crippen molar-refractivity contribution in [3.8, 4) is 0 Å². The van der Waals surface area contributed by atoms with Crippen molar-refractivity contribution in [2.45, 2.75) is 65.8 Å². The average molecular weight is 409 g/mol. The summed E-state index contributed by atoms with van der Waals surface area (Å²) < 4.78 is 0. The number of rotatable bonds is 11. The summed E-state index contributed by atoms with van der Waals surface area (Å²) in [6, 6.07) is 15.9. The molecule has 2 aromatic rings. The van der Waals surface area contributed by atoms with Crippen LogP contribution in [0.1, 0.15) is 55.4 Å². The second-order valence-electron chi connectivity index (χ2n) is 8.06. The molecule has 2 rings (SSSR count). The highest BCUT2D eigenvalue weighted by Gasteiger charge is 2.28. The minimum Gasteiger partial charge on any atom is -0.354 e. The highest BCUT2D eigenvalue weighted by atomic mass is 16.2. The number of nitrogens with one attached hydrogen (secondary N) is 1. The summed E-state index contributed by atoms with van der Waals surface area (Å²) >= 11 is 0. The van der Waals surface area contributed by atoms with Crippen molar-refractivity contribution >= 4 is 11.8 Å². The summed E-state index contributed by atoms with van der Waals surface area (Å²) in [6.45, 7) is 9.36. The summed E-state index contributed by atoms with van der Waals surface area (Å²) in [6.07, 6.45) is 3.63. The van der Waals surface area contributed by atoms with E-state index in [0.29, 0.717) is 25.9 Å². The summed E-state index contributed by atoms with van der Waals surface area (Å²) in [5.41, 5.74) is 4.47. The first-order valence-corrected chi connectivity index (χ1v) is 11.1. The molecule has 0 saturated carbocycles. The van der Waals surface area contributed by atoms with Crippen LogP contribution in [0.15, 0.2) is 48.5 Å². The second-order valence-corrected chi connectivity index (χ2v) is 8.06. The summed E-state index contributed by atoms with van der Waals surface area (Å²) in [5.74, 6) is -0.0405.